The molecule has 0 N–H and O–H groups in total. The van der Waals surface area contributed by atoms with Gasteiger partial charge in [-0.05, 0) is 24.3 Å². The third-order valence-electron chi connectivity index (χ3n) is 2.35. The van der Waals surface area contributed by atoms with E-state index in [0.29, 0.717) is 27.9 Å². The van der Waals surface area contributed by atoms with Crippen molar-refractivity contribution in [3.8, 4) is 0 Å². The molecule has 0 aliphatic carbocycles. The van der Waals surface area contributed by atoms with E-state index in [2.05, 4.69) is 34.3 Å². The highest BCUT2D eigenvalue weighted by atomic mass is 28.2. The molecule has 0 aromatic heterocycles. The highest BCUT2D eigenvalue weighted by Gasteiger charge is 2.20. The minimum absolute atomic E-state index is 0.216. The van der Waals surface area contributed by atoms with Gasteiger partial charge in [0.1, 0.15) is 0 Å². The van der Waals surface area contributed by atoms with Crippen LogP contribution < -0.4 is 0 Å². The highest BCUT2D eigenvalue weighted by Crippen LogP contribution is 2.27. The van der Waals surface area contributed by atoms with Crippen molar-refractivity contribution in [3.63, 3.8) is 0 Å². The molecule has 0 aliphatic heterocycles. The molecule has 2 nitrogen and oxygen atoms in total. The zero-order valence-electron chi connectivity index (χ0n) is 10.7. The number of rotatable bonds is 4. The molecule has 86 valence electrons. The zero-order valence-corrected chi connectivity index (χ0v) is 12.7. The Morgan fingerprint density at radius 1 is 1.20 bits per heavy atom. The SMILES string of the molecule is C=C(C)C(C(=O)O[SiH3])=C(C(C)C)C(C)C. The van der Waals surface area contributed by atoms with Crippen LogP contribution in [0.15, 0.2) is 23.3 Å². The maximum atomic E-state index is 11.7. The van der Waals surface area contributed by atoms with E-state index in [1.165, 1.54) is 0 Å². The molecule has 0 bridgehead atoms. The smallest absolute Gasteiger partial charge is 0.324 e. The molecule has 0 aromatic rings. The van der Waals surface area contributed by atoms with Crippen LogP contribution >= 0.6 is 0 Å². The van der Waals surface area contributed by atoms with Gasteiger partial charge in [-0.1, -0.05) is 39.8 Å². The average molecular weight is 226 g/mol. The first kappa shape index (κ1) is 14.2. The monoisotopic (exact) mass is 226 g/mol. The summed E-state index contributed by atoms with van der Waals surface area (Å²) in [7, 11) is 0.429. The molecular weight excluding hydrogens is 204 g/mol. The molecular formula is C12H22O2Si. The third kappa shape index (κ3) is 3.66. The molecule has 3 heteroatoms. The van der Waals surface area contributed by atoms with Crippen molar-refractivity contribution in [1.29, 1.82) is 0 Å². The molecule has 15 heavy (non-hydrogen) atoms. The molecule has 0 atom stereocenters. The number of allylic oxidation sites excluding steroid dienone is 1. The van der Waals surface area contributed by atoms with Gasteiger partial charge in [0.05, 0.1) is 5.57 Å². The van der Waals surface area contributed by atoms with E-state index in [1.54, 1.807) is 0 Å². The fourth-order valence-electron chi connectivity index (χ4n) is 1.88. The van der Waals surface area contributed by atoms with Crippen LogP contribution in [0.2, 0.25) is 0 Å². The van der Waals surface area contributed by atoms with E-state index in [4.69, 9.17) is 4.43 Å². The van der Waals surface area contributed by atoms with E-state index < -0.39 is 0 Å². The lowest BCUT2D eigenvalue weighted by Crippen LogP contribution is -2.15. The Hall–Kier alpha value is -0.833. The van der Waals surface area contributed by atoms with Gasteiger partial charge in [-0.3, -0.25) is 0 Å². The second-order valence-electron chi connectivity index (χ2n) is 4.41. The van der Waals surface area contributed by atoms with Crippen molar-refractivity contribution in [1.82, 2.24) is 0 Å². The summed E-state index contributed by atoms with van der Waals surface area (Å²) < 4.78 is 4.94. The summed E-state index contributed by atoms with van der Waals surface area (Å²) in [6.45, 7) is 14.1. The Morgan fingerprint density at radius 2 is 1.60 bits per heavy atom. The second kappa shape index (κ2) is 5.91. The Bertz CT molecular complexity index is 278. The molecule has 0 aliphatic rings. The lowest BCUT2D eigenvalue weighted by atomic mass is 9.86. The lowest BCUT2D eigenvalue weighted by Gasteiger charge is -2.20. The van der Waals surface area contributed by atoms with Crippen LogP contribution in [0.3, 0.4) is 0 Å². The molecule has 0 aromatic carbocycles. The molecule has 0 unspecified atom stereocenters. The van der Waals surface area contributed by atoms with E-state index in [1.807, 2.05) is 6.92 Å². The summed E-state index contributed by atoms with van der Waals surface area (Å²) >= 11 is 0. The molecule has 0 spiro atoms. The number of carbonyl (C=O) groups excluding carboxylic acids is 1. The first-order valence-electron chi connectivity index (χ1n) is 5.31. The molecule has 0 amide bonds. The van der Waals surface area contributed by atoms with Crippen molar-refractivity contribution in [2.24, 2.45) is 11.8 Å². The Balaban J connectivity index is 5.56. The van der Waals surface area contributed by atoms with Gasteiger partial charge in [0.15, 0.2) is 0 Å². The van der Waals surface area contributed by atoms with E-state index >= 15 is 0 Å². The predicted octanol–water partition coefficient (Wildman–Crippen LogP) is 1.99. The van der Waals surface area contributed by atoms with Crippen molar-refractivity contribution < 1.29 is 9.22 Å². The summed E-state index contributed by atoms with van der Waals surface area (Å²) in [6.07, 6.45) is 0. The number of hydrogen-bond acceptors (Lipinski definition) is 2. The summed E-state index contributed by atoms with van der Waals surface area (Å²) in [4.78, 5) is 11.7. The predicted molar refractivity (Wildman–Crippen MR) is 67.5 cm³/mol. The van der Waals surface area contributed by atoms with E-state index in [9.17, 15) is 4.79 Å². The van der Waals surface area contributed by atoms with Crippen LogP contribution in [0.25, 0.3) is 0 Å². The molecule has 0 saturated heterocycles. The maximum absolute atomic E-state index is 11.7. The van der Waals surface area contributed by atoms with Crippen LogP contribution in [0, 0.1) is 11.8 Å². The van der Waals surface area contributed by atoms with Crippen LogP contribution in [-0.4, -0.2) is 16.5 Å². The Labute approximate surface area is 95.9 Å². The first-order chi connectivity index (χ1) is 6.82. The minimum Gasteiger partial charge on any atom is -0.525 e. The molecule has 0 rings (SSSR count). The fourth-order valence-corrected chi connectivity index (χ4v) is 2.09. The number of hydrogen-bond donors (Lipinski definition) is 0. The first-order valence-corrected chi connectivity index (χ1v) is 6.12. The highest BCUT2D eigenvalue weighted by molar-refractivity contribution is 6.10. The van der Waals surface area contributed by atoms with Crippen molar-refractivity contribution >= 4 is 16.5 Å². The topological polar surface area (TPSA) is 26.3 Å². The largest absolute Gasteiger partial charge is 0.525 e. The van der Waals surface area contributed by atoms with Gasteiger partial charge in [0.2, 0.25) is 10.5 Å². The van der Waals surface area contributed by atoms with E-state index in [0.717, 1.165) is 11.1 Å². The zero-order chi connectivity index (χ0) is 12.2. The molecule has 0 fully saturated rings. The molecule has 0 heterocycles. The normalized spacial score (nSPS) is 10.6. The summed E-state index contributed by atoms with van der Waals surface area (Å²) in [5, 5.41) is 0. The Morgan fingerprint density at radius 3 is 1.80 bits per heavy atom. The minimum atomic E-state index is -0.216. The van der Waals surface area contributed by atoms with Crippen LogP contribution in [0.1, 0.15) is 34.6 Å². The third-order valence-corrected chi connectivity index (χ3v) is 2.72. The average Bonchev–Trinajstić information content (AvgIpc) is 2.10. The van der Waals surface area contributed by atoms with Gasteiger partial charge >= 0.3 is 5.97 Å². The number of carbonyl (C=O) groups is 1. The van der Waals surface area contributed by atoms with Crippen molar-refractivity contribution in [2.75, 3.05) is 0 Å². The second-order valence-corrected chi connectivity index (χ2v) is 4.82. The molecule has 0 saturated carbocycles. The fraction of sp³-hybridized carbons (Fsp3) is 0.583. The van der Waals surface area contributed by atoms with Gasteiger partial charge in [-0.2, -0.15) is 0 Å². The van der Waals surface area contributed by atoms with Gasteiger partial charge in [-0.25, -0.2) is 4.79 Å². The molecule has 0 radical (unpaired) electrons. The quantitative estimate of drug-likeness (QED) is 0.416. The summed E-state index contributed by atoms with van der Waals surface area (Å²) in [6, 6.07) is 0. The van der Waals surface area contributed by atoms with Crippen molar-refractivity contribution in [2.45, 2.75) is 34.6 Å². The van der Waals surface area contributed by atoms with Gasteiger partial charge < -0.3 is 4.43 Å². The van der Waals surface area contributed by atoms with Crippen LogP contribution in [0.4, 0.5) is 0 Å². The van der Waals surface area contributed by atoms with E-state index in [-0.39, 0.29) is 5.97 Å². The van der Waals surface area contributed by atoms with Gasteiger partial charge in [0.25, 0.3) is 0 Å². The van der Waals surface area contributed by atoms with Crippen LogP contribution in [-0.2, 0) is 9.22 Å². The summed E-state index contributed by atoms with van der Waals surface area (Å²) in [5.41, 5.74) is 2.63. The Kier molecular flexibility index (Phi) is 5.58. The van der Waals surface area contributed by atoms with Crippen molar-refractivity contribution in [3.05, 3.63) is 23.3 Å². The summed E-state index contributed by atoms with van der Waals surface area (Å²) in [5.74, 6) is 0.474. The van der Waals surface area contributed by atoms with Crippen LogP contribution in [0.5, 0.6) is 0 Å². The maximum Gasteiger partial charge on any atom is 0.324 e. The van der Waals surface area contributed by atoms with Gasteiger partial charge in [-0.15, -0.1) is 0 Å². The standard InChI is InChI=1S/C12H22O2Si/c1-7(2)10(8(3)4)11(9(5)6)12(13)14-15/h7-8H,5H2,1-4,6,15H3. The lowest BCUT2D eigenvalue weighted by molar-refractivity contribution is -0.129. The van der Waals surface area contributed by atoms with Gasteiger partial charge in [0, 0.05) is 0 Å².